The molecule has 0 aliphatic heterocycles. The number of carbonyl (C=O) groups is 1. The van der Waals surface area contributed by atoms with Gasteiger partial charge in [0, 0.05) is 5.92 Å². The van der Waals surface area contributed by atoms with Crippen molar-refractivity contribution in [3.63, 3.8) is 0 Å². The molecule has 3 heteroatoms. The van der Waals surface area contributed by atoms with E-state index in [1.54, 1.807) is 0 Å². The summed E-state index contributed by atoms with van der Waals surface area (Å²) in [5, 5.41) is 9.73. The van der Waals surface area contributed by atoms with E-state index in [4.69, 9.17) is 4.74 Å². The van der Waals surface area contributed by atoms with E-state index in [0.29, 0.717) is 0 Å². The molecule has 3 aromatic rings. The zero-order valence-corrected chi connectivity index (χ0v) is 15.7. The van der Waals surface area contributed by atoms with Gasteiger partial charge < -0.3 is 4.74 Å². The van der Waals surface area contributed by atoms with Gasteiger partial charge >= 0.3 is 5.97 Å². The van der Waals surface area contributed by atoms with E-state index < -0.39 is 17.8 Å². The van der Waals surface area contributed by atoms with Crippen LogP contribution in [0.5, 0.6) is 0 Å². The van der Waals surface area contributed by atoms with Crippen molar-refractivity contribution in [2.45, 2.75) is 5.92 Å². The Kier molecular flexibility index (Phi) is 6.38. The Morgan fingerprint density at radius 1 is 0.857 bits per heavy atom. The van der Waals surface area contributed by atoms with E-state index in [1.807, 2.05) is 97.1 Å². The number of nitriles is 1. The van der Waals surface area contributed by atoms with E-state index in [2.05, 4.69) is 6.07 Å². The van der Waals surface area contributed by atoms with Gasteiger partial charge in [0.25, 0.3) is 0 Å². The number of carbonyl (C=O) groups excluding carboxylic acids is 1. The number of benzene rings is 3. The molecule has 3 rings (SSSR count). The van der Waals surface area contributed by atoms with Crippen molar-refractivity contribution in [2.24, 2.45) is 5.92 Å². The number of ether oxygens (including phenoxy) is 1. The van der Waals surface area contributed by atoms with E-state index >= 15 is 0 Å². The van der Waals surface area contributed by atoms with E-state index in [-0.39, 0.29) is 0 Å². The lowest BCUT2D eigenvalue weighted by molar-refractivity contribution is -0.143. The van der Waals surface area contributed by atoms with Crippen molar-refractivity contribution in [1.29, 1.82) is 5.26 Å². The number of rotatable bonds is 6. The molecule has 0 heterocycles. The summed E-state index contributed by atoms with van der Waals surface area (Å²) < 4.78 is 4.91. The van der Waals surface area contributed by atoms with Crippen LogP contribution in [0, 0.1) is 17.2 Å². The molecule has 0 saturated heterocycles. The summed E-state index contributed by atoms with van der Waals surface area (Å²) in [6, 6.07) is 31.7. The van der Waals surface area contributed by atoms with Crippen molar-refractivity contribution in [1.82, 2.24) is 0 Å². The average Bonchev–Trinajstić information content (AvgIpc) is 2.78. The zero-order chi connectivity index (χ0) is 19.8. The lowest BCUT2D eigenvalue weighted by Crippen LogP contribution is -2.21. The molecule has 3 nitrogen and oxygen atoms in total. The van der Waals surface area contributed by atoms with Crippen LogP contribution in [-0.4, -0.2) is 13.1 Å². The molecular formula is C25H21NO2. The van der Waals surface area contributed by atoms with Crippen molar-refractivity contribution in [2.75, 3.05) is 7.11 Å². The highest BCUT2D eigenvalue weighted by Gasteiger charge is 2.29. The van der Waals surface area contributed by atoms with Crippen LogP contribution in [-0.2, 0) is 9.53 Å². The van der Waals surface area contributed by atoms with Gasteiger partial charge in [-0.2, -0.15) is 5.26 Å². The summed E-state index contributed by atoms with van der Waals surface area (Å²) in [6.07, 6.45) is 2.00. The first-order chi connectivity index (χ1) is 13.7. The number of hydrogen-bond acceptors (Lipinski definition) is 3. The predicted octanol–water partition coefficient (Wildman–Crippen LogP) is 5.21. The third-order valence-corrected chi connectivity index (χ3v) is 4.65. The van der Waals surface area contributed by atoms with Crippen LogP contribution in [0.4, 0.5) is 0 Å². The third-order valence-electron chi connectivity index (χ3n) is 4.65. The summed E-state index contributed by atoms with van der Waals surface area (Å²) in [5.41, 5.74) is 3.91. The summed E-state index contributed by atoms with van der Waals surface area (Å²) >= 11 is 0. The maximum Gasteiger partial charge on any atom is 0.324 e. The highest BCUT2D eigenvalue weighted by Crippen LogP contribution is 2.33. The molecule has 0 N–H and O–H groups in total. The Morgan fingerprint density at radius 3 is 1.75 bits per heavy atom. The molecule has 0 radical (unpaired) electrons. The minimum atomic E-state index is -0.935. The highest BCUT2D eigenvalue weighted by atomic mass is 16.5. The fraction of sp³-hybridized carbons (Fsp3) is 0.120. The smallest absolute Gasteiger partial charge is 0.324 e. The molecule has 0 fully saturated rings. The normalized spacial score (nSPS) is 12.3. The van der Waals surface area contributed by atoms with Gasteiger partial charge in [-0.3, -0.25) is 4.79 Å². The molecule has 1 unspecified atom stereocenters. The lowest BCUT2D eigenvalue weighted by Gasteiger charge is -2.20. The van der Waals surface area contributed by atoms with Gasteiger partial charge in [0.15, 0.2) is 5.92 Å². The Balaban J connectivity index is 2.20. The van der Waals surface area contributed by atoms with Gasteiger partial charge in [-0.25, -0.2) is 0 Å². The molecule has 0 saturated carbocycles. The highest BCUT2D eigenvalue weighted by molar-refractivity contribution is 5.82. The molecule has 0 bridgehead atoms. The average molecular weight is 367 g/mol. The second-order valence-electron chi connectivity index (χ2n) is 6.38. The number of allylic oxidation sites excluding steroid dienone is 1. The predicted molar refractivity (Wildman–Crippen MR) is 110 cm³/mol. The maximum atomic E-state index is 12.3. The van der Waals surface area contributed by atoms with Crippen LogP contribution in [0.25, 0.3) is 5.57 Å². The maximum absolute atomic E-state index is 12.3. The Bertz CT molecular complexity index is 932. The van der Waals surface area contributed by atoms with Gasteiger partial charge in [0.2, 0.25) is 0 Å². The molecule has 28 heavy (non-hydrogen) atoms. The van der Waals surface area contributed by atoms with E-state index in [0.717, 1.165) is 22.3 Å². The quantitative estimate of drug-likeness (QED) is 0.562. The second kappa shape index (κ2) is 9.34. The Hall–Kier alpha value is -3.64. The van der Waals surface area contributed by atoms with E-state index in [1.165, 1.54) is 7.11 Å². The molecule has 3 aromatic carbocycles. The standard InChI is InChI=1S/C25H21NO2/c1-28-25(27)24(18-26)23(21-15-9-4-10-16-21)17-22(19-11-5-2-6-12-19)20-13-7-3-8-14-20/h2-17,23-24H,1H3/t23-,24?/m1/s1. The van der Waals surface area contributed by atoms with Gasteiger partial charge in [0.1, 0.15) is 0 Å². The number of esters is 1. The molecule has 0 amide bonds. The molecule has 0 aliphatic rings. The largest absolute Gasteiger partial charge is 0.468 e. The van der Waals surface area contributed by atoms with Crippen molar-refractivity contribution in [3.05, 3.63) is 114 Å². The summed E-state index contributed by atoms with van der Waals surface area (Å²) in [6.45, 7) is 0. The molecule has 0 spiro atoms. The van der Waals surface area contributed by atoms with Crippen molar-refractivity contribution < 1.29 is 9.53 Å². The first-order valence-corrected chi connectivity index (χ1v) is 9.09. The number of nitrogens with zero attached hydrogens (tertiary/aromatic N) is 1. The second-order valence-corrected chi connectivity index (χ2v) is 6.38. The Labute approximate surface area is 165 Å². The van der Waals surface area contributed by atoms with Crippen LogP contribution in [0.1, 0.15) is 22.6 Å². The first kappa shape index (κ1) is 19.1. The first-order valence-electron chi connectivity index (χ1n) is 9.09. The molecule has 0 aromatic heterocycles. The minimum absolute atomic E-state index is 0.436. The summed E-state index contributed by atoms with van der Waals surface area (Å²) in [5.74, 6) is -1.91. The molecule has 2 atom stereocenters. The minimum Gasteiger partial charge on any atom is -0.468 e. The number of methoxy groups -OCH3 is 1. The fourth-order valence-corrected chi connectivity index (χ4v) is 3.24. The number of hydrogen-bond donors (Lipinski definition) is 0. The van der Waals surface area contributed by atoms with Crippen molar-refractivity contribution >= 4 is 11.5 Å². The van der Waals surface area contributed by atoms with Crippen molar-refractivity contribution in [3.8, 4) is 6.07 Å². The third kappa shape index (κ3) is 4.36. The lowest BCUT2D eigenvalue weighted by atomic mass is 9.83. The van der Waals surface area contributed by atoms with Crippen LogP contribution >= 0.6 is 0 Å². The SMILES string of the molecule is COC(=O)C(C#N)[C@H](C=C(c1ccccc1)c1ccccc1)c1ccccc1. The van der Waals surface area contributed by atoms with Gasteiger partial charge in [0.05, 0.1) is 13.2 Å². The molecule has 0 aliphatic carbocycles. The van der Waals surface area contributed by atoms with Crippen LogP contribution in [0.15, 0.2) is 97.1 Å². The summed E-state index contributed by atoms with van der Waals surface area (Å²) in [7, 11) is 1.31. The van der Waals surface area contributed by atoms with Gasteiger partial charge in [-0.1, -0.05) is 97.1 Å². The van der Waals surface area contributed by atoms with Crippen LogP contribution in [0.2, 0.25) is 0 Å². The topological polar surface area (TPSA) is 50.1 Å². The monoisotopic (exact) mass is 367 g/mol. The van der Waals surface area contributed by atoms with Gasteiger partial charge in [-0.05, 0) is 22.3 Å². The fourth-order valence-electron chi connectivity index (χ4n) is 3.24. The van der Waals surface area contributed by atoms with Crippen LogP contribution < -0.4 is 0 Å². The zero-order valence-electron chi connectivity index (χ0n) is 15.7. The summed E-state index contributed by atoms with van der Waals surface area (Å²) in [4.78, 5) is 12.3. The molecule has 138 valence electrons. The van der Waals surface area contributed by atoms with Gasteiger partial charge in [-0.15, -0.1) is 0 Å². The van der Waals surface area contributed by atoms with Crippen LogP contribution in [0.3, 0.4) is 0 Å². The molecular weight excluding hydrogens is 346 g/mol. The van der Waals surface area contributed by atoms with E-state index in [9.17, 15) is 10.1 Å². The Morgan fingerprint density at radius 2 is 1.32 bits per heavy atom.